The van der Waals surface area contributed by atoms with Gasteiger partial charge < -0.3 is 0 Å². The van der Waals surface area contributed by atoms with Crippen molar-refractivity contribution in [3.63, 3.8) is 0 Å². The third-order valence-electron chi connectivity index (χ3n) is 2.70. The van der Waals surface area contributed by atoms with E-state index in [9.17, 15) is 24.5 Å². The fourth-order valence-electron chi connectivity index (χ4n) is 1.86. The zero-order valence-corrected chi connectivity index (χ0v) is 9.37. The highest BCUT2D eigenvalue weighted by Gasteiger charge is 2.41. The first-order valence-electron chi connectivity index (χ1n) is 5.17. The quantitative estimate of drug-likeness (QED) is 0.333. The molecule has 1 heterocycles. The van der Waals surface area contributed by atoms with Gasteiger partial charge in [-0.1, -0.05) is 6.07 Å². The van der Waals surface area contributed by atoms with Gasteiger partial charge >= 0.3 is 5.91 Å². The summed E-state index contributed by atoms with van der Waals surface area (Å²) in [5.41, 5.74) is -0.977. The highest BCUT2D eigenvalue weighted by molar-refractivity contribution is 6.49. The van der Waals surface area contributed by atoms with E-state index in [2.05, 4.69) is 0 Å². The van der Waals surface area contributed by atoms with Crippen LogP contribution in [0.15, 0.2) is 18.2 Å². The number of fused-ring (bicyclic) bond motifs is 1. The lowest BCUT2D eigenvalue weighted by atomic mass is 9.96. The number of ketones is 1. The molecular formula is C11H8N2O5. The van der Waals surface area contributed by atoms with Crippen molar-refractivity contribution >= 4 is 23.3 Å². The number of nitro benzene ring substituents is 1. The van der Waals surface area contributed by atoms with Crippen LogP contribution in [0.2, 0.25) is 0 Å². The minimum atomic E-state index is -0.949. The second-order valence-electron chi connectivity index (χ2n) is 3.64. The summed E-state index contributed by atoms with van der Waals surface area (Å²) < 4.78 is 0. The van der Waals surface area contributed by atoms with E-state index >= 15 is 0 Å². The number of nitrogens with zero attached hydrogens (tertiary/aromatic N) is 2. The summed E-state index contributed by atoms with van der Waals surface area (Å²) in [5, 5.41) is 10.8. The number of amides is 2. The Balaban J connectivity index is 2.74. The van der Waals surface area contributed by atoms with Crippen molar-refractivity contribution in [1.29, 1.82) is 0 Å². The Bertz CT molecular complexity index is 593. The third-order valence-corrected chi connectivity index (χ3v) is 2.70. The van der Waals surface area contributed by atoms with Crippen molar-refractivity contribution in [2.45, 2.75) is 6.92 Å². The molecule has 0 saturated heterocycles. The zero-order valence-electron chi connectivity index (χ0n) is 9.37. The number of Topliss-reactive ketones (excluding diaryl/α,β-unsaturated/α-hetero) is 1. The average molecular weight is 248 g/mol. The number of imide groups is 1. The third kappa shape index (κ3) is 1.48. The molecule has 1 aliphatic rings. The van der Waals surface area contributed by atoms with E-state index in [4.69, 9.17) is 0 Å². The predicted molar refractivity (Wildman–Crippen MR) is 59.1 cm³/mol. The Morgan fingerprint density at radius 1 is 1.22 bits per heavy atom. The van der Waals surface area contributed by atoms with Crippen molar-refractivity contribution in [3.8, 4) is 0 Å². The largest absolute Gasteiger partial charge is 0.301 e. The monoisotopic (exact) mass is 248 g/mol. The Hall–Kier alpha value is -2.57. The summed E-state index contributed by atoms with van der Waals surface area (Å²) in [6, 6.07) is 3.65. The second kappa shape index (κ2) is 4.02. The average Bonchev–Trinajstić information content (AvgIpc) is 2.36. The van der Waals surface area contributed by atoms with Crippen molar-refractivity contribution in [2.75, 3.05) is 6.54 Å². The number of rotatable bonds is 2. The molecule has 7 heteroatoms. The molecule has 0 spiro atoms. The Kier molecular flexibility index (Phi) is 2.66. The molecule has 0 aromatic heterocycles. The van der Waals surface area contributed by atoms with E-state index in [-0.39, 0.29) is 17.7 Å². The van der Waals surface area contributed by atoms with Gasteiger partial charge in [0.25, 0.3) is 17.4 Å². The maximum Gasteiger partial charge on any atom is 0.301 e. The summed E-state index contributed by atoms with van der Waals surface area (Å²) in [4.78, 5) is 46.1. The first kappa shape index (κ1) is 11.9. The molecule has 2 rings (SSSR count). The van der Waals surface area contributed by atoms with Gasteiger partial charge in [-0.3, -0.25) is 29.4 Å². The molecule has 92 valence electrons. The standard InChI is InChI=1S/C11H8N2O5/c1-2-12-10(15)8-6(9(14)11(12)16)4-3-5-7(8)13(17)18/h3-5H,2H2,1H3. The first-order chi connectivity index (χ1) is 8.49. The lowest BCUT2D eigenvalue weighted by molar-refractivity contribution is -0.385. The number of benzene rings is 1. The van der Waals surface area contributed by atoms with E-state index in [1.165, 1.54) is 19.1 Å². The van der Waals surface area contributed by atoms with Crippen LogP contribution < -0.4 is 0 Å². The molecule has 7 nitrogen and oxygen atoms in total. The molecule has 0 N–H and O–H groups in total. The summed E-state index contributed by atoms with van der Waals surface area (Å²) in [5.74, 6) is -2.64. The lowest BCUT2D eigenvalue weighted by Crippen LogP contribution is -2.46. The normalized spacial score (nSPS) is 14.7. The molecule has 1 aromatic carbocycles. The van der Waals surface area contributed by atoms with Gasteiger partial charge in [-0.2, -0.15) is 0 Å². The zero-order chi connectivity index (χ0) is 13.4. The minimum absolute atomic E-state index is 0.00506. The summed E-state index contributed by atoms with van der Waals surface area (Å²) in [6.07, 6.45) is 0. The predicted octanol–water partition coefficient (Wildman–Crippen LogP) is 0.780. The number of carbonyl (C=O) groups excluding carboxylic acids is 3. The molecule has 0 aliphatic carbocycles. The van der Waals surface area contributed by atoms with Crippen LogP contribution in [-0.4, -0.2) is 34.0 Å². The van der Waals surface area contributed by atoms with Gasteiger partial charge in [0.1, 0.15) is 5.56 Å². The van der Waals surface area contributed by atoms with Gasteiger partial charge in [0.2, 0.25) is 0 Å². The van der Waals surface area contributed by atoms with Crippen LogP contribution in [0, 0.1) is 10.1 Å². The molecule has 0 unspecified atom stereocenters. The van der Waals surface area contributed by atoms with Crippen molar-refractivity contribution in [1.82, 2.24) is 4.90 Å². The van der Waals surface area contributed by atoms with E-state index in [0.717, 1.165) is 6.07 Å². The first-order valence-corrected chi connectivity index (χ1v) is 5.17. The van der Waals surface area contributed by atoms with Gasteiger partial charge in [-0.25, -0.2) is 0 Å². The number of hydrogen-bond acceptors (Lipinski definition) is 5. The maximum atomic E-state index is 12.0. The summed E-state index contributed by atoms with van der Waals surface area (Å²) in [6.45, 7) is 1.51. The second-order valence-corrected chi connectivity index (χ2v) is 3.64. The Morgan fingerprint density at radius 2 is 1.89 bits per heavy atom. The molecule has 0 saturated carbocycles. The molecule has 0 fully saturated rings. The van der Waals surface area contributed by atoms with E-state index in [0.29, 0.717) is 4.90 Å². The molecule has 1 aliphatic heterocycles. The molecule has 0 atom stereocenters. The topological polar surface area (TPSA) is 97.6 Å². The lowest BCUT2D eigenvalue weighted by Gasteiger charge is -2.23. The van der Waals surface area contributed by atoms with Gasteiger partial charge in [-0.05, 0) is 13.0 Å². The summed E-state index contributed by atoms with van der Waals surface area (Å²) in [7, 11) is 0. The highest BCUT2D eigenvalue weighted by atomic mass is 16.6. The molecule has 18 heavy (non-hydrogen) atoms. The van der Waals surface area contributed by atoms with Gasteiger partial charge in [-0.15, -0.1) is 0 Å². The highest BCUT2D eigenvalue weighted by Crippen LogP contribution is 2.28. The van der Waals surface area contributed by atoms with Crippen LogP contribution >= 0.6 is 0 Å². The van der Waals surface area contributed by atoms with Gasteiger partial charge in [0.05, 0.1) is 4.92 Å². The maximum absolute atomic E-state index is 12.0. The number of hydrogen-bond donors (Lipinski definition) is 0. The number of nitro groups is 1. The SMILES string of the molecule is CCN1C(=O)C(=O)c2cccc([N+](=O)[O-])c2C1=O. The van der Waals surface area contributed by atoms with Gasteiger partial charge in [0.15, 0.2) is 0 Å². The van der Waals surface area contributed by atoms with Crippen LogP contribution in [0.3, 0.4) is 0 Å². The number of carbonyl (C=O) groups is 3. The molecule has 2 amide bonds. The van der Waals surface area contributed by atoms with Crippen molar-refractivity contribution in [2.24, 2.45) is 0 Å². The van der Waals surface area contributed by atoms with Crippen LogP contribution in [0.5, 0.6) is 0 Å². The molecule has 1 aromatic rings. The minimum Gasteiger partial charge on any atom is -0.283 e. The molecule has 0 bridgehead atoms. The summed E-state index contributed by atoms with van der Waals surface area (Å²) >= 11 is 0. The Labute approximate surface area is 101 Å². The van der Waals surface area contributed by atoms with E-state index in [1.807, 2.05) is 0 Å². The van der Waals surface area contributed by atoms with E-state index in [1.54, 1.807) is 0 Å². The van der Waals surface area contributed by atoms with Crippen LogP contribution in [0.4, 0.5) is 5.69 Å². The fourth-order valence-corrected chi connectivity index (χ4v) is 1.86. The van der Waals surface area contributed by atoms with Crippen LogP contribution in [0.25, 0.3) is 0 Å². The van der Waals surface area contributed by atoms with Crippen molar-refractivity contribution in [3.05, 3.63) is 39.4 Å². The smallest absolute Gasteiger partial charge is 0.283 e. The van der Waals surface area contributed by atoms with Crippen LogP contribution in [0.1, 0.15) is 27.6 Å². The van der Waals surface area contributed by atoms with Crippen LogP contribution in [-0.2, 0) is 4.79 Å². The van der Waals surface area contributed by atoms with E-state index < -0.39 is 28.2 Å². The Morgan fingerprint density at radius 3 is 2.44 bits per heavy atom. The molecular weight excluding hydrogens is 240 g/mol. The molecule has 0 radical (unpaired) electrons. The fraction of sp³-hybridized carbons (Fsp3) is 0.182. The van der Waals surface area contributed by atoms with Crippen molar-refractivity contribution < 1.29 is 19.3 Å². The van der Waals surface area contributed by atoms with Gasteiger partial charge in [0, 0.05) is 18.2 Å². The number of likely N-dealkylation sites (N-methyl/N-ethyl adjacent to an activating group) is 1.